The van der Waals surface area contributed by atoms with Crippen molar-refractivity contribution in [3.8, 4) is 22.5 Å². The van der Waals surface area contributed by atoms with Crippen LogP contribution in [0, 0.1) is 0 Å². The molecule has 0 saturated heterocycles. The van der Waals surface area contributed by atoms with Crippen molar-refractivity contribution in [3.63, 3.8) is 0 Å². The lowest BCUT2D eigenvalue weighted by Gasteiger charge is -2.13. The Hall–Kier alpha value is -6.68. The van der Waals surface area contributed by atoms with Crippen molar-refractivity contribution in [2.45, 2.75) is 0 Å². The second-order valence-electron chi connectivity index (χ2n) is 14.1. The number of rotatable bonds is 3. The zero-order valence-corrected chi connectivity index (χ0v) is 29.4. The molecule has 0 aliphatic heterocycles. The number of hydrogen-bond donors (Lipinski definition) is 0. The smallest absolute Gasteiger partial charge is 0.0640 e. The lowest BCUT2D eigenvalue weighted by Crippen LogP contribution is -1.96. The van der Waals surface area contributed by atoms with Gasteiger partial charge in [-0.1, -0.05) is 133 Å². The van der Waals surface area contributed by atoms with Crippen molar-refractivity contribution in [1.29, 1.82) is 0 Å². The highest BCUT2D eigenvalue weighted by molar-refractivity contribution is 7.26. The first kappa shape index (κ1) is 29.0. The molecule has 0 aliphatic rings. The van der Waals surface area contributed by atoms with E-state index in [2.05, 4.69) is 191 Å². The molecule has 0 saturated carbocycles. The van der Waals surface area contributed by atoms with Crippen LogP contribution in [0.3, 0.4) is 0 Å². The van der Waals surface area contributed by atoms with Crippen LogP contribution in [0.15, 0.2) is 182 Å². The predicted octanol–water partition coefficient (Wildman–Crippen LogP) is 14.2. The Morgan fingerprint density at radius 2 is 0.887 bits per heavy atom. The fourth-order valence-electron chi connectivity index (χ4n) is 8.93. The molecule has 9 aromatic carbocycles. The Morgan fingerprint density at radius 3 is 1.72 bits per heavy atom. The number of fused-ring (bicyclic) bond motifs is 12. The van der Waals surface area contributed by atoms with E-state index in [4.69, 9.17) is 0 Å². The summed E-state index contributed by atoms with van der Waals surface area (Å²) in [5.41, 5.74) is 9.78. The highest BCUT2D eigenvalue weighted by atomic mass is 32.1. The van der Waals surface area contributed by atoms with Crippen molar-refractivity contribution in [1.82, 2.24) is 9.13 Å². The molecule has 0 N–H and O–H groups in total. The third-order valence-corrected chi connectivity index (χ3v) is 12.5. The summed E-state index contributed by atoms with van der Waals surface area (Å²) in [5, 5.41) is 12.7. The highest BCUT2D eigenvalue weighted by Gasteiger charge is 2.20. The molecule has 0 radical (unpaired) electrons. The van der Waals surface area contributed by atoms with Crippen molar-refractivity contribution in [2.24, 2.45) is 0 Å². The molecule has 3 heteroatoms. The van der Waals surface area contributed by atoms with Crippen LogP contribution in [0.25, 0.3) is 108 Å². The Morgan fingerprint density at radius 1 is 0.321 bits per heavy atom. The Kier molecular flexibility index (Phi) is 5.96. The van der Waals surface area contributed by atoms with Gasteiger partial charge in [-0.25, -0.2) is 0 Å². The molecule has 0 aliphatic carbocycles. The molecule has 0 spiro atoms. The third kappa shape index (κ3) is 4.08. The van der Waals surface area contributed by atoms with E-state index in [9.17, 15) is 0 Å². The molecule has 53 heavy (non-hydrogen) atoms. The SMILES string of the molecule is c1ccc2c(-n3c4ccc(-c5ccc6c(c5)c5ccccc5n6-c5cccc6c5sc5ccccc56)cc4c4ccc5ccccc5c43)cccc2c1. The van der Waals surface area contributed by atoms with Crippen LogP contribution in [-0.2, 0) is 0 Å². The van der Waals surface area contributed by atoms with Gasteiger partial charge in [0.1, 0.15) is 0 Å². The quantitative estimate of drug-likeness (QED) is 0.175. The summed E-state index contributed by atoms with van der Waals surface area (Å²) in [5.74, 6) is 0. The van der Waals surface area contributed by atoms with Crippen LogP contribution >= 0.6 is 11.3 Å². The fraction of sp³-hybridized carbons (Fsp3) is 0. The molecule has 12 rings (SSSR count). The maximum absolute atomic E-state index is 2.49. The van der Waals surface area contributed by atoms with E-state index < -0.39 is 0 Å². The first-order chi connectivity index (χ1) is 26.3. The second-order valence-corrected chi connectivity index (χ2v) is 15.1. The minimum atomic E-state index is 1.20. The van der Waals surface area contributed by atoms with Gasteiger partial charge < -0.3 is 9.13 Å². The number of hydrogen-bond acceptors (Lipinski definition) is 1. The van der Waals surface area contributed by atoms with Crippen LogP contribution in [0.5, 0.6) is 0 Å². The van der Waals surface area contributed by atoms with Crippen molar-refractivity contribution < 1.29 is 0 Å². The van der Waals surface area contributed by atoms with Gasteiger partial charge in [-0.05, 0) is 70.4 Å². The topological polar surface area (TPSA) is 9.86 Å². The van der Waals surface area contributed by atoms with E-state index in [0.717, 1.165) is 0 Å². The fourth-order valence-corrected chi connectivity index (χ4v) is 10.1. The van der Waals surface area contributed by atoms with E-state index in [-0.39, 0.29) is 0 Å². The van der Waals surface area contributed by atoms with Crippen LogP contribution in [0.1, 0.15) is 0 Å². The molecular formula is C50H30N2S. The summed E-state index contributed by atoms with van der Waals surface area (Å²) in [6.07, 6.45) is 0. The molecule has 0 amide bonds. The Labute approximate surface area is 309 Å². The molecule has 3 heterocycles. The van der Waals surface area contributed by atoms with Gasteiger partial charge in [0.05, 0.1) is 38.1 Å². The maximum atomic E-state index is 2.49. The summed E-state index contributed by atoms with van der Waals surface area (Å²) < 4.78 is 7.60. The number of benzene rings is 9. The van der Waals surface area contributed by atoms with Crippen LogP contribution < -0.4 is 0 Å². The van der Waals surface area contributed by atoms with Crippen LogP contribution in [0.4, 0.5) is 0 Å². The normalized spacial score (nSPS) is 12.2. The summed E-state index contributed by atoms with van der Waals surface area (Å²) in [4.78, 5) is 0. The van der Waals surface area contributed by atoms with Gasteiger partial charge in [0, 0.05) is 47.8 Å². The second kappa shape index (κ2) is 10.9. The minimum absolute atomic E-state index is 1.20. The van der Waals surface area contributed by atoms with E-state index >= 15 is 0 Å². The largest absolute Gasteiger partial charge is 0.308 e. The lowest BCUT2D eigenvalue weighted by atomic mass is 10.00. The van der Waals surface area contributed by atoms with Gasteiger partial charge >= 0.3 is 0 Å². The summed E-state index contributed by atoms with van der Waals surface area (Å²) in [7, 11) is 0. The molecule has 0 unspecified atom stereocenters. The number of para-hydroxylation sites is 1. The van der Waals surface area contributed by atoms with Crippen molar-refractivity contribution >= 4 is 96.7 Å². The Bertz CT molecular complexity index is 3460. The zero-order chi connectivity index (χ0) is 34.6. The van der Waals surface area contributed by atoms with Crippen molar-refractivity contribution in [3.05, 3.63) is 182 Å². The van der Waals surface area contributed by atoms with Crippen LogP contribution in [-0.4, -0.2) is 9.13 Å². The monoisotopic (exact) mass is 690 g/mol. The number of aromatic nitrogens is 2. The summed E-state index contributed by atoms with van der Waals surface area (Å²) in [6, 6.07) is 67.2. The van der Waals surface area contributed by atoms with Gasteiger partial charge in [-0.3, -0.25) is 0 Å². The maximum Gasteiger partial charge on any atom is 0.0640 e. The zero-order valence-electron chi connectivity index (χ0n) is 28.6. The van der Waals surface area contributed by atoms with E-state index in [1.807, 2.05) is 11.3 Å². The average Bonchev–Trinajstić information content (AvgIpc) is 3.88. The average molecular weight is 691 g/mol. The van der Waals surface area contributed by atoms with Gasteiger partial charge in [-0.15, -0.1) is 11.3 Å². The lowest BCUT2D eigenvalue weighted by molar-refractivity contribution is 1.20. The first-order valence-electron chi connectivity index (χ1n) is 18.2. The third-order valence-electron chi connectivity index (χ3n) is 11.3. The molecule has 0 bridgehead atoms. The molecule has 0 atom stereocenters. The summed E-state index contributed by atoms with van der Waals surface area (Å²) in [6.45, 7) is 0. The standard InChI is InChI=1S/C50H30N2S/c1-3-14-35-31(11-1)13-9-20-43(35)52-46-28-25-34(30-42(46)39-26-23-32-12-2-4-15-36(32)49(39)52)33-24-27-45-41(29-33)37-16-5-7-19-44(37)51(45)47-21-10-18-40-38-17-6-8-22-48(38)53-50(40)47/h1-30H. The van der Waals surface area contributed by atoms with Gasteiger partial charge in [0.25, 0.3) is 0 Å². The van der Waals surface area contributed by atoms with Gasteiger partial charge in [0.2, 0.25) is 0 Å². The number of thiophene rings is 1. The minimum Gasteiger partial charge on any atom is -0.308 e. The van der Waals surface area contributed by atoms with E-state index in [1.165, 1.54) is 108 Å². The van der Waals surface area contributed by atoms with Gasteiger partial charge in [-0.2, -0.15) is 0 Å². The van der Waals surface area contributed by atoms with E-state index in [1.54, 1.807) is 0 Å². The first-order valence-corrected chi connectivity index (χ1v) is 19.0. The molecule has 3 aromatic heterocycles. The van der Waals surface area contributed by atoms with Crippen LogP contribution in [0.2, 0.25) is 0 Å². The van der Waals surface area contributed by atoms with Crippen molar-refractivity contribution in [2.75, 3.05) is 0 Å². The predicted molar refractivity (Wildman–Crippen MR) is 228 cm³/mol. The molecular weight excluding hydrogens is 661 g/mol. The number of nitrogens with zero attached hydrogens (tertiary/aromatic N) is 2. The molecule has 0 fully saturated rings. The van der Waals surface area contributed by atoms with E-state index in [0.29, 0.717) is 0 Å². The molecule has 2 nitrogen and oxygen atoms in total. The molecule has 246 valence electrons. The van der Waals surface area contributed by atoms with Gasteiger partial charge in [0.15, 0.2) is 0 Å². The highest BCUT2D eigenvalue weighted by Crippen LogP contribution is 2.43. The summed E-state index contributed by atoms with van der Waals surface area (Å²) >= 11 is 1.88. The Balaban J connectivity index is 1.10. The molecule has 12 aromatic rings.